The minimum absolute atomic E-state index is 0.0879. The normalized spacial score (nSPS) is 24.4. The van der Waals surface area contributed by atoms with Gasteiger partial charge in [0.2, 0.25) is 0 Å². The highest BCUT2D eigenvalue weighted by atomic mass is 32.2. The van der Waals surface area contributed by atoms with E-state index in [2.05, 4.69) is 5.32 Å². The molecule has 20 heavy (non-hydrogen) atoms. The Bertz CT molecular complexity index is 555. The van der Waals surface area contributed by atoms with Crippen LogP contribution < -0.4 is 5.32 Å². The highest BCUT2D eigenvalue weighted by Crippen LogP contribution is 2.31. The minimum Gasteiger partial charge on any atom is -0.481 e. The van der Waals surface area contributed by atoms with Gasteiger partial charge in [-0.25, -0.2) is 0 Å². The SMILES string of the molecule is O=C(NC1C=CC(C(=O)O)C1)c1cc2c(s1)CCSC2. The smallest absolute Gasteiger partial charge is 0.310 e. The van der Waals surface area contributed by atoms with Gasteiger partial charge in [-0.2, -0.15) is 11.8 Å². The fourth-order valence-electron chi connectivity index (χ4n) is 2.49. The number of thioether (sulfide) groups is 1. The van der Waals surface area contributed by atoms with Gasteiger partial charge in [0.05, 0.1) is 10.8 Å². The summed E-state index contributed by atoms with van der Waals surface area (Å²) in [5.41, 5.74) is 1.28. The van der Waals surface area contributed by atoms with E-state index in [1.54, 1.807) is 23.5 Å². The molecule has 0 fully saturated rings. The molecule has 2 N–H and O–H groups in total. The molecule has 4 nitrogen and oxygen atoms in total. The number of carbonyl (C=O) groups excluding carboxylic acids is 1. The summed E-state index contributed by atoms with van der Waals surface area (Å²) in [7, 11) is 0. The summed E-state index contributed by atoms with van der Waals surface area (Å²) >= 11 is 3.47. The minimum atomic E-state index is -0.832. The molecule has 0 saturated heterocycles. The first-order valence-electron chi connectivity index (χ1n) is 6.55. The maximum atomic E-state index is 12.2. The molecule has 0 aromatic carbocycles. The standard InChI is InChI=1S/C14H15NO3S2/c16-13(15-10-2-1-8(5-10)14(17)18)12-6-9-7-19-4-3-11(9)20-12/h1-2,6,8,10H,3-5,7H2,(H,15,16)(H,17,18). The Kier molecular flexibility index (Phi) is 3.85. The van der Waals surface area contributed by atoms with E-state index in [4.69, 9.17) is 5.11 Å². The topological polar surface area (TPSA) is 66.4 Å². The van der Waals surface area contributed by atoms with Crippen molar-refractivity contribution in [3.63, 3.8) is 0 Å². The van der Waals surface area contributed by atoms with Crippen LogP contribution in [-0.4, -0.2) is 28.8 Å². The van der Waals surface area contributed by atoms with Gasteiger partial charge in [-0.05, 0) is 30.2 Å². The van der Waals surface area contributed by atoms with Crippen LogP contribution in [0.15, 0.2) is 18.2 Å². The fraction of sp³-hybridized carbons (Fsp3) is 0.429. The zero-order valence-corrected chi connectivity index (χ0v) is 12.4. The predicted molar refractivity (Wildman–Crippen MR) is 80.3 cm³/mol. The summed E-state index contributed by atoms with van der Waals surface area (Å²) in [6, 6.07) is 1.81. The van der Waals surface area contributed by atoms with E-state index in [0.717, 1.165) is 22.8 Å². The molecule has 0 saturated carbocycles. The number of fused-ring (bicyclic) bond motifs is 1. The molecule has 2 aliphatic rings. The second-order valence-electron chi connectivity index (χ2n) is 5.01. The van der Waals surface area contributed by atoms with Crippen LogP contribution in [0.5, 0.6) is 0 Å². The van der Waals surface area contributed by atoms with E-state index in [1.807, 2.05) is 17.8 Å². The van der Waals surface area contributed by atoms with E-state index >= 15 is 0 Å². The Labute approximate surface area is 125 Å². The van der Waals surface area contributed by atoms with Crippen molar-refractivity contribution in [1.82, 2.24) is 5.32 Å². The number of carboxylic acid groups (broad SMARTS) is 1. The summed E-state index contributed by atoms with van der Waals surface area (Å²) in [4.78, 5) is 25.1. The van der Waals surface area contributed by atoms with Gasteiger partial charge in [-0.3, -0.25) is 9.59 Å². The molecule has 6 heteroatoms. The maximum absolute atomic E-state index is 12.2. The number of rotatable bonds is 3. The summed E-state index contributed by atoms with van der Waals surface area (Å²) in [6.45, 7) is 0. The number of thiophene rings is 1. The number of carbonyl (C=O) groups is 2. The van der Waals surface area contributed by atoms with Gasteiger partial charge in [-0.1, -0.05) is 12.2 Å². The quantitative estimate of drug-likeness (QED) is 0.841. The first kappa shape index (κ1) is 13.7. The molecule has 2 unspecified atom stereocenters. The van der Waals surface area contributed by atoms with Crippen molar-refractivity contribution in [2.45, 2.75) is 24.6 Å². The van der Waals surface area contributed by atoms with Crippen LogP contribution in [-0.2, 0) is 17.0 Å². The molecule has 1 amide bonds. The first-order chi connectivity index (χ1) is 9.63. The van der Waals surface area contributed by atoms with Gasteiger partial charge in [0.25, 0.3) is 5.91 Å². The highest BCUT2D eigenvalue weighted by molar-refractivity contribution is 7.98. The highest BCUT2D eigenvalue weighted by Gasteiger charge is 2.26. The molecule has 106 valence electrons. The zero-order valence-electron chi connectivity index (χ0n) is 10.8. The average Bonchev–Trinajstić information content (AvgIpc) is 3.04. The van der Waals surface area contributed by atoms with Crippen molar-refractivity contribution in [1.29, 1.82) is 0 Å². The van der Waals surface area contributed by atoms with Crippen LogP contribution in [0.4, 0.5) is 0 Å². The van der Waals surface area contributed by atoms with E-state index in [-0.39, 0.29) is 11.9 Å². The van der Waals surface area contributed by atoms with Crippen molar-refractivity contribution in [2.75, 3.05) is 5.75 Å². The number of nitrogens with one attached hydrogen (secondary N) is 1. The monoisotopic (exact) mass is 309 g/mol. The lowest BCUT2D eigenvalue weighted by Gasteiger charge is -2.11. The Balaban J connectivity index is 1.64. The van der Waals surface area contributed by atoms with Crippen LogP contribution >= 0.6 is 23.1 Å². The Morgan fingerprint density at radius 1 is 1.35 bits per heavy atom. The second kappa shape index (κ2) is 5.61. The molecular formula is C14H15NO3S2. The fourth-order valence-corrected chi connectivity index (χ4v) is 4.76. The van der Waals surface area contributed by atoms with Crippen LogP contribution in [0.2, 0.25) is 0 Å². The van der Waals surface area contributed by atoms with E-state index in [9.17, 15) is 9.59 Å². The maximum Gasteiger partial charge on any atom is 0.310 e. The second-order valence-corrected chi connectivity index (χ2v) is 7.25. The molecule has 3 rings (SSSR count). The molecule has 0 spiro atoms. The van der Waals surface area contributed by atoms with Crippen molar-refractivity contribution < 1.29 is 14.7 Å². The lowest BCUT2D eigenvalue weighted by Crippen LogP contribution is -2.32. The van der Waals surface area contributed by atoms with Crippen molar-refractivity contribution >= 4 is 35.0 Å². The number of hydrogen-bond acceptors (Lipinski definition) is 4. The Morgan fingerprint density at radius 2 is 2.20 bits per heavy atom. The third-order valence-electron chi connectivity index (χ3n) is 3.57. The van der Waals surface area contributed by atoms with Crippen molar-refractivity contribution in [3.05, 3.63) is 33.5 Å². The number of hydrogen-bond donors (Lipinski definition) is 2. The average molecular weight is 309 g/mol. The molecule has 1 aliphatic carbocycles. The lowest BCUT2D eigenvalue weighted by atomic mass is 10.1. The molecule has 2 atom stereocenters. The largest absolute Gasteiger partial charge is 0.481 e. The van der Waals surface area contributed by atoms with Gasteiger partial charge in [0.15, 0.2) is 0 Å². The van der Waals surface area contributed by atoms with Crippen molar-refractivity contribution in [2.24, 2.45) is 5.92 Å². The van der Waals surface area contributed by atoms with E-state index in [0.29, 0.717) is 6.42 Å². The van der Waals surface area contributed by atoms with Crippen LogP contribution in [0.25, 0.3) is 0 Å². The van der Waals surface area contributed by atoms with Crippen LogP contribution in [0, 0.1) is 5.92 Å². The molecule has 1 aromatic heterocycles. The Hall–Kier alpha value is -1.27. The van der Waals surface area contributed by atoms with Gasteiger partial charge in [-0.15, -0.1) is 11.3 Å². The van der Waals surface area contributed by atoms with Gasteiger partial charge < -0.3 is 10.4 Å². The molecule has 1 aromatic rings. The molecule has 2 heterocycles. The summed E-state index contributed by atoms with van der Waals surface area (Å²) in [6.07, 6.45) is 4.92. The zero-order chi connectivity index (χ0) is 14.1. The summed E-state index contributed by atoms with van der Waals surface area (Å²) in [5, 5.41) is 11.8. The van der Waals surface area contributed by atoms with Gasteiger partial charge >= 0.3 is 5.97 Å². The van der Waals surface area contributed by atoms with Gasteiger partial charge in [0.1, 0.15) is 0 Å². The van der Waals surface area contributed by atoms with Crippen LogP contribution in [0.3, 0.4) is 0 Å². The molecule has 0 radical (unpaired) electrons. The predicted octanol–water partition coefficient (Wildman–Crippen LogP) is 2.30. The third-order valence-corrected chi connectivity index (χ3v) is 5.81. The molecule has 1 aliphatic heterocycles. The van der Waals surface area contributed by atoms with E-state index in [1.165, 1.54) is 10.4 Å². The molecular weight excluding hydrogens is 294 g/mol. The van der Waals surface area contributed by atoms with Gasteiger partial charge in [0, 0.05) is 16.7 Å². The number of aliphatic carboxylic acids is 1. The first-order valence-corrected chi connectivity index (χ1v) is 8.52. The number of amides is 1. The Morgan fingerprint density at radius 3 is 2.90 bits per heavy atom. The number of aryl methyl sites for hydroxylation is 1. The van der Waals surface area contributed by atoms with Crippen molar-refractivity contribution in [3.8, 4) is 0 Å². The number of carboxylic acids is 1. The summed E-state index contributed by atoms with van der Waals surface area (Å²) in [5.74, 6) is 0.717. The lowest BCUT2D eigenvalue weighted by molar-refractivity contribution is -0.140. The third kappa shape index (κ3) is 2.76. The van der Waals surface area contributed by atoms with Crippen LogP contribution in [0.1, 0.15) is 26.5 Å². The molecule has 0 bridgehead atoms. The summed E-state index contributed by atoms with van der Waals surface area (Å²) < 4.78 is 0. The van der Waals surface area contributed by atoms with E-state index < -0.39 is 11.9 Å².